The van der Waals surface area contributed by atoms with Gasteiger partial charge in [0.1, 0.15) is 0 Å². The quantitative estimate of drug-likeness (QED) is 0.217. The molecule has 0 heterocycles. The van der Waals surface area contributed by atoms with Crippen molar-refractivity contribution in [2.24, 2.45) is 0 Å². The standard InChI is InChI=1S/C8H19NP.2ClH.Ni/c1-9(2)7-5-6-8-10(3)4;;;/h7H,5-6,8H2,1-4H3;2*1H;/q-1;;;+3/p-2. The van der Waals surface area contributed by atoms with Crippen LogP contribution in [0.3, 0.4) is 0 Å². The molecule has 0 unspecified atom stereocenters. The molecule has 0 atom stereocenters. The molecule has 0 saturated heterocycles. The van der Waals surface area contributed by atoms with Gasteiger partial charge in [0.05, 0.1) is 0 Å². The topological polar surface area (TPSA) is 3.24 Å². The van der Waals surface area contributed by atoms with E-state index >= 15 is 0 Å². The van der Waals surface area contributed by atoms with Crippen molar-refractivity contribution < 1.29 is 41.3 Å². The van der Waals surface area contributed by atoms with Crippen molar-refractivity contribution in [3.05, 3.63) is 6.54 Å². The maximum Gasteiger partial charge on any atom is 3.00 e. The monoisotopic (exact) mass is 288 g/mol. The van der Waals surface area contributed by atoms with E-state index in [2.05, 4.69) is 38.9 Å². The molecule has 1 nitrogen and oxygen atoms in total. The third-order valence-electron chi connectivity index (χ3n) is 1.30. The van der Waals surface area contributed by atoms with Crippen LogP contribution >= 0.6 is 7.92 Å². The van der Waals surface area contributed by atoms with Crippen LogP contribution < -0.4 is 24.8 Å². The van der Waals surface area contributed by atoms with E-state index in [1.165, 1.54) is 19.0 Å². The number of nitrogens with zero attached hydrogens (tertiary/aromatic N) is 1. The Labute approximate surface area is 107 Å². The molecule has 5 heteroatoms. The van der Waals surface area contributed by atoms with Gasteiger partial charge in [-0.3, -0.25) is 6.54 Å². The molecule has 1 radical (unpaired) electrons. The molecule has 0 N–H and O–H groups in total. The molecule has 85 valence electrons. The van der Waals surface area contributed by atoms with Gasteiger partial charge < -0.3 is 29.7 Å². The van der Waals surface area contributed by atoms with Crippen LogP contribution in [0.4, 0.5) is 0 Å². The third kappa shape index (κ3) is 24.7. The number of hydrogen-bond acceptors (Lipinski definition) is 1. The van der Waals surface area contributed by atoms with Crippen molar-refractivity contribution in [3.63, 3.8) is 0 Å². The van der Waals surface area contributed by atoms with Crippen molar-refractivity contribution in [1.29, 1.82) is 0 Å². The van der Waals surface area contributed by atoms with Crippen LogP contribution in [0.25, 0.3) is 0 Å². The molecule has 0 aromatic heterocycles. The zero-order chi connectivity index (χ0) is 7.98. The molecule has 0 bridgehead atoms. The Bertz CT molecular complexity index is 74.5. The summed E-state index contributed by atoms with van der Waals surface area (Å²) in [5.74, 6) is 0. The van der Waals surface area contributed by atoms with E-state index in [1.54, 1.807) is 0 Å². The van der Waals surface area contributed by atoms with E-state index in [1.807, 2.05) is 0 Å². The van der Waals surface area contributed by atoms with Crippen molar-refractivity contribution >= 4 is 7.92 Å². The first kappa shape index (κ1) is 23.9. The smallest absolute Gasteiger partial charge is 1.00 e. The number of unbranched alkanes of at least 4 members (excludes halogenated alkanes) is 1. The van der Waals surface area contributed by atoms with Crippen LogP contribution in [0, 0.1) is 6.54 Å². The number of rotatable bonds is 5. The van der Waals surface area contributed by atoms with Crippen molar-refractivity contribution in [2.75, 3.05) is 33.6 Å². The predicted molar refractivity (Wildman–Crippen MR) is 50.9 cm³/mol. The summed E-state index contributed by atoms with van der Waals surface area (Å²) in [7, 11) is 4.50. The molecule has 0 aliphatic heterocycles. The summed E-state index contributed by atoms with van der Waals surface area (Å²) in [5.41, 5.74) is 0. The van der Waals surface area contributed by atoms with Gasteiger partial charge in [0.2, 0.25) is 0 Å². The Hall–Kier alpha value is 1.46. The van der Waals surface area contributed by atoms with Gasteiger partial charge in [-0.2, -0.15) is 6.42 Å². The van der Waals surface area contributed by atoms with Gasteiger partial charge in [0.15, 0.2) is 0 Å². The molecule has 0 rings (SSSR count). The Morgan fingerprint density at radius 2 is 1.62 bits per heavy atom. The summed E-state index contributed by atoms with van der Waals surface area (Å²) in [6.45, 7) is 6.93. The zero-order valence-corrected chi connectivity index (χ0v) is 12.1. The second kappa shape index (κ2) is 15.9. The van der Waals surface area contributed by atoms with Crippen molar-refractivity contribution in [3.8, 4) is 0 Å². The first-order valence-corrected chi connectivity index (χ1v) is 6.19. The summed E-state index contributed by atoms with van der Waals surface area (Å²) < 4.78 is 0. The molecule has 0 spiro atoms. The third-order valence-corrected chi connectivity index (χ3v) is 2.51. The fourth-order valence-electron chi connectivity index (χ4n) is 0.757. The molecule has 13 heavy (non-hydrogen) atoms. The van der Waals surface area contributed by atoms with Crippen LogP contribution in [0.1, 0.15) is 12.8 Å². The van der Waals surface area contributed by atoms with Crippen LogP contribution in [0.5, 0.6) is 0 Å². The second-order valence-electron chi connectivity index (χ2n) is 3.09. The molecular weight excluding hydrogens is 271 g/mol. The Morgan fingerprint density at radius 3 is 1.92 bits per heavy atom. The first-order valence-electron chi connectivity index (χ1n) is 3.77. The minimum absolute atomic E-state index is 0. The van der Waals surface area contributed by atoms with Gasteiger partial charge in [0, 0.05) is 0 Å². The molecule has 0 aliphatic rings. The van der Waals surface area contributed by atoms with Crippen molar-refractivity contribution in [1.82, 2.24) is 4.90 Å². The molecule has 0 saturated carbocycles. The largest absolute Gasteiger partial charge is 3.00 e. The van der Waals surface area contributed by atoms with Gasteiger partial charge >= 0.3 is 16.5 Å². The minimum Gasteiger partial charge on any atom is -1.00 e. The normalized spacial score (nSPS) is 8.77. The summed E-state index contributed by atoms with van der Waals surface area (Å²) in [6.07, 6.45) is 4.02. The maximum absolute atomic E-state index is 2.34. The molecule has 0 amide bonds. The van der Waals surface area contributed by atoms with Gasteiger partial charge in [-0.25, -0.2) is 0 Å². The maximum atomic E-state index is 2.34. The average Bonchev–Trinajstić information content (AvgIpc) is 1.79. The summed E-state index contributed by atoms with van der Waals surface area (Å²) >= 11 is 0. The molecule has 0 fully saturated rings. The van der Waals surface area contributed by atoms with E-state index in [-0.39, 0.29) is 41.3 Å². The van der Waals surface area contributed by atoms with Gasteiger partial charge in [-0.05, 0) is 33.6 Å². The van der Waals surface area contributed by atoms with Crippen molar-refractivity contribution in [2.45, 2.75) is 12.8 Å². The SMILES string of the molecule is CN(C)[CH-]CCCP(C)C.[Cl-].[Cl-].[Ni+3]. The van der Waals surface area contributed by atoms with Crippen LogP contribution in [-0.2, 0) is 16.5 Å². The fourth-order valence-corrected chi connectivity index (χ4v) is 1.57. The number of hydrogen-bond donors (Lipinski definition) is 0. The molecular formula is C8H19Cl2NNiP. The molecule has 0 aromatic rings. The van der Waals surface area contributed by atoms with E-state index in [0.29, 0.717) is 7.92 Å². The van der Waals surface area contributed by atoms with E-state index in [0.717, 1.165) is 0 Å². The number of halogens is 2. The second-order valence-corrected chi connectivity index (χ2v) is 5.70. The van der Waals surface area contributed by atoms with E-state index in [4.69, 9.17) is 0 Å². The molecule has 0 aliphatic carbocycles. The van der Waals surface area contributed by atoms with Gasteiger partial charge in [0.25, 0.3) is 0 Å². The van der Waals surface area contributed by atoms with Crippen LogP contribution in [-0.4, -0.2) is 38.5 Å². The zero-order valence-electron chi connectivity index (χ0n) is 8.67. The first-order chi connectivity index (χ1) is 4.63. The summed E-state index contributed by atoms with van der Waals surface area (Å²) in [6, 6.07) is 0. The van der Waals surface area contributed by atoms with Gasteiger partial charge in [-0.1, -0.05) is 6.42 Å². The fraction of sp³-hybridized carbons (Fsp3) is 0.875. The van der Waals surface area contributed by atoms with E-state index in [9.17, 15) is 0 Å². The van der Waals surface area contributed by atoms with Crippen LogP contribution in [0.15, 0.2) is 0 Å². The minimum atomic E-state index is 0. The Morgan fingerprint density at radius 1 is 1.15 bits per heavy atom. The van der Waals surface area contributed by atoms with E-state index < -0.39 is 0 Å². The van der Waals surface area contributed by atoms with Crippen LogP contribution in [0.2, 0.25) is 0 Å². The molecule has 0 aromatic carbocycles. The Kier molecular flexibility index (Phi) is 29.3. The average molecular weight is 290 g/mol. The summed E-state index contributed by atoms with van der Waals surface area (Å²) in [4.78, 5) is 2.13. The van der Waals surface area contributed by atoms with Gasteiger partial charge in [-0.15, -0.1) is 7.92 Å². The summed E-state index contributed by atoms with van der Waals surface area (Å²) in [5, 5.41) is 0. The Balaban J connectivity index is -0.000000135. The predicted octanol–water partition coefficient (Wildman–Crippen LogP) is -3.76.